The van der Waals surface area contributed by atoms with Gasteiger partial charge in [-0.3, -0.25) is 9.69 Å². The summed E-state index contributed by atoms with van der Waals surface area (Å²) in [6.07, 6.45) is 1.63. The number of hydrogen-bond donors (Lipinski definition) is 1. The Hall–Kier alpha value is -2.14. The normalized spacial score (nSPS) is 20.6. The van der Waals surface area contributed by atoms with E-state index in [2.05, 4.69) is 47.4 Å². The summed E-state index contributed by atoms with van der Waals surface area (Å²) in [6, 6.07) is 8.42. The maximum atomic E-state index is 12.4. The van der Waals surface area contributed by atoms with Crippen molar-refractivity contribution in [3.8, 4) is 0 Å². The molecule has 1 aliphatic heterocycles. The van der Waals surface area contributed by atoms with E-state index in [-0.39, 0.29) is 5.91 Å². The molecule has 1 aromatic heterocycles. The topological polar surface area (TPSA) is 58.4 Å². The number of aromatic nitrogens is 1. The standard InChI is InChI=1S/C22H31N3O2/c1-15-9-16(2)13-25(12-15)14-20-8-6-5-7-19(20)11-23-22(26)10-21-17(3)24-27-18(21)4/h5-8,15-16H,9-14H2,1-4H3,(H,23,26)/t15-,16-/m1/s1. The number of rotatable bonds is 6. The van der Waals surface area contributed by atoms with Crippen LogP contribution in [-0.4, -0.2) is 29.1 Å². The van der Waals surface area contributed by atoms with Gasteiger partial charge in [-0.15, -0.1) is 0 Å². The smallest absolute Gasteiger partial charge is 0.224 e. The van der Waals surface area contributed by atoms with E-state index < -0.39 is 0 Å². The van der Waals surface area contributed by atoms with Crippen LogP contribution in [0.4, 0.5) is 0 Å². The van der Waals surface area contributed by atoms with E-state index in [1.54, 1.807) is 0 Å². The molecule has 2 aromatic rings. The van der Waals surface area contributed by atoms with Gasteiger partial charge in [0.05, 0.1) is 12.1 Å². The lowest BCUT2D eigenvalue weighted by Gasteiger charge is -2.35. The van der Waals surface area contributed by atoms with Gasteiger partial charge >= 0.3 is 0 Å². The van der Waals surface area contributed by atoms with Gasteiger partial charge in [0.25, 0.3) is 0 Å². The van der Waals surface area contributed by atoms with Crippen LogP contribution in [0, 0.1) is 25.7 Å². The average Bonchev–Trinajstić information content (AvgIpc) is 2.92. The fourth-order valence-corrected chi connectivity index (χ4v) is 4.22. The summed E-state index contributed by atoms with van der Waals surface area (Å²) >= 11 is 0. The minimum atomic E-state index is -0.000537. The third-order valence-corrected chi connectivity index (χ3v) is 5.45. The molecule has 5 nitrogen and oxygen atoms in total. The van der Waals surface area contributed by atoms with E-state index in [9.17, 15) is 4.79 Å². The average molecular weight is 370 g/mol. The van der Waals surface area contributed by atoms with Gasteiger partial charge < -0.3 is 9.84 Å². The summed E-state index contributed by atoms with van der Waals surface area (Å²) < 4.78 is 5.14. The second-order valence-electron chi connectivity index (χ2n) is 8.17. The highest BCUT2D eigenvalue weighted by molar-refractivity contribution is 5.79. The molecule has 1 fully saturated rings. The molecule has 1 saturated heterocycles. The first-order valence-electron chi connectivity index (χ1n) is 9.90. The van der Waals surface area contributed by atoms with Gasteiger partial charge in [-0.25, -0.2) is 0 Å². The monoisotopic (exact) mass is 369 g/mol. The van der Waals surface area contributed by atoms with E-state index in [4.69, 9.17) is 4.52 Å². The minimum absolute atomic E-state index is 0.000537. The van der Waals surface area contributed by atoms with Crippen molar-refractivity contribution >= 4 is 5.91 Å². The van der Waals surface area contributed by atoms with Crippen LogP contribution in [0.3, 0.4) is 0 Å². The minimum Gasteiger partial charge on any atom is -0.361 e. The van der Waals surface area contributed by atoms with Crippen molar-refractivity contribution in [1.29, 1.82) is 0 Å². The van der Waals surface area contributed by atoms with Crippen molar-refractivity contribution in [1.82, 2.24) is 15.4 Å². The Bertz CT molecular complexity index is 754. The first-order chi connectivity index (χ1) is 12.9. The van der Waals surface area contributed by atoms with Gasteiger partial charge in [-0.05, 0) is 43.2 Å². The molecule has 0 unspecified atom stereocenters. The number of benzene rings is 1. The Balaban J connectivity index is 1.60. The summed E-state index contributed by atoms with van der Waals surface area (Å²) in [7, 11) is 0. The third kappa shape index (κ3) is 5.19. The van der Waals surface area contributed by atoms with E-state index in [1.165, 1.54) is 17.5 Å². The number of piperidine rings is 1. The fraction of sp³-hybridized carbons (Fsp3) is 0.545. The Morgan fingerprint density at radius 3 is 2.48 bits per heavy atom. The molecular weight excluding hydrogens is 338 g/mol. The van der Waals surface area contributed by atoms with Gasteiger partial charge in [-0.1, -0.05) is 43.3 Å². The Kier molecular flexibility index (Phi) is 6.32. The molecule has 1 amide bonds. The molecule has 0 bridgehead atoms. The van der Waals surface area contributed by atoms with Crippen LogP contribution in [0.25, 0.3) is 0 Å². The number of carbonyl (C=O) groups is 1. The van der Waals surface area contributed by atoms with E-state index in [0.29, 0.717) is 13.0 Å². The van der Waals surface area contributed by atoms with Gasteiger partial charge in [-0.2, -0.15) is 0 Å². The molecule has 1 aliphatic rings. The second kappa shape index (κ2) is 8.70. The van der Waals surface area contributed by atoms with Crippen LogP contribution >= 0.6 is 0 Å². The highest BCUT2D eigenvalue weighted by Crippen LogP contribution is 2.23. The quantitative estimate of drug-likeness (QED) is 0.845. The van der Waals surface area contributed by atoms with Gasteiger partial charge in [0.15, 0.2) is 0 Å². The molecule has 3 rings (SSSR count). The summed E-state index contributed by atoms with van der Waals surface area (Å²) in [6.45, 7) is 12.2. The molecule has 0 aliphatic carbocycles. The predicted molar refractivity (Wildman–Crippen MR) is 106 cm³/mol. The molecule has 1 N–H and O–H groups in total. The highest BCUT2D eigenvalue weighted by Gasteiger charge is 2.22. The summed E-state index contributed by atoms with van der Waals surface area (Å²) in [4.78, 5) is 14.9. The largest absolute Gasteiger partial charge is 0.361 e. The van der Waals surface area contributed by atoms with Gasteiger partial charge in [0, 0.05) is 31.7 Å². The first kappa shape index (κ1) is 19.6. The zero-order valence-electron chi connectivity index (χ0n) is 16.9. The Morgan fingerprint density at radius 1 is 1.19 bits per heavy atom. The molecule has 0 saturated carbocycles. The number of hydrogen-bond acceptors (Lipinski definition) is 4. The second-order valence-corrected chi connectivity index (χ2v) is 8.17. The van der Waals surface area contributed by atoms with Crippen molar-refractivity contribution in [2.75, 3.05) is 13.1 Å². The summed E-state index contributed by atoms with van der Waals surface area (Å²) in [5, 5.41) is 6.98. The molecule has 0 radical (unpaired) electrons. The molecular formula is C22H31N3O2. The SMILES string of the molecule is Cc1noc(C)c1CC(=O)NCc1ccccc1CN1C[C@H](C)C[C@@H](C)C1. The Labute approximate surface area is 162 Å². The van der Waals surface area contributed by atoms with E-state index >= 15 is 0 Å². The molecule has 2 atom stereocenters. The van der Waals surface area contributed by atoms with Crippen LogP contribution in [-0.2, 0) is 24.3 Å². The molecule has 0 spiro atoms. The van der Waals surface area contributed by atoms with Gasteiger partial charge in [0.1, 0.15) is 5.76 Å². The van der Waals surface area contributed by atoms with E-state index in [1.807, 2.05) is 19.9 Å². The van der Waals surface area contributed by atoms with Crippen LogP contribution in [0.15, 0.2) is 28.8 Å². The van der Waals surface area contributed by atoms with Crippen molar-refractivity contribution in [3.63, 3.8) is 0 Å². The van der Waals surface area contributed by atoms with Gasteiger partial charge in [0.2, 0.25) is 5.91 Å². The number of aryl methyl sites for hydroxylation is 2. The highest BCUT2D eigenvalue weighted by atomic mass is 16.5. The van der Waals surface area contributed by atoms with Crippen LogP contribution in [0.2, 0.25) is 0 Å². The summed E-state index contributed by atoms with van der Waals surface area (Å²) in [5.74, 6) is 2.21. The number of amides is 1. The number of nitrogens with zero attached hydrogens (tertiary/aromatic N) is 2. The van der Waals surface area contributed by atoms with Crippen molar-refractivity contribution in [3.05, 3.63) is 52.4 Å². The van der Waals surface area contributed by atoms with Crippen molar-refractivity contribution < 1.29 is 9.32 Å². The molecule has 27 heavy (non-hydrogen) atoms. The lowest BCUT2D eigenvalue weighted by molar-refractivity contribution is -0.120. The van der Waals surface area contributed by atoms with Crippen LogP contribution in [0.1, 0.15) is 48.4 Å². The molecule has 5 heteroatoms. The van der Waals surface area contributed by atoms with E-state index in [0.717, 1.165) is 48.5 Å². The maximum Gasteiger partial charge on any atom is 0.224 e. The first-order valence-corrected chi connectivity index (χ1v) is 9.90. The predicted octanol–water partition coefficient (Wildman–Crippen LogP) is 3.63. The van der Waals surface area contributed by atoms with Crippen molar-refractivity contribution in [2.24, 2.45) is 11.8 Å². The third-order valence-electron chi connectivity index (χ3n) is 5.45. The zero-order chi connectivity index (χ0) is 19.4. The number of carbonyl (C=O) groups excluding carboxylic acids is 1. The van der Waals surface area contributed by atoms with Crippen molar-refractivity contribution in [2.45, 2.75) is 53.6 Å². The zero-order valence-corrected chi connectivity index (χ0v) is 16.9. The summed E-state index contributed by atoms with van der Waals surface area (Å²) in [5.41, 5.74) is 4.17. The Morgan fingerprint density at radius 2 is 1.85 bits per heavy atom. The fourth-order valence-electron chi connectivity index (χ4n) is 4.22. The molecule has 2 heterocycles. The van der Waals surface area contributed by atoms with Crippen LogP contribution in [0.5, 0.6) is 0 Å². The molecule has 1 aromatic carbocycles. The maximum absolute atomic E-state index is 12.4. The lowest BCUT2D eigenvalue weighted by Crippen LogP contribution is -2.38. The molecule has 146 valence electrons. The lowest BCUT2D eigenvalue weighted by atomic mass is 9.91. The van der Waals surface area contributed by atoms with Crippen LogP contribution < -0.4 is 5.32 Å². The number of likely N-dealkylation sites (tertiary alicyclic amines) is 1. The number of nitrogens with one attached hydrogen (secondary N) is 1.